The molecule has 2 aromatic heterocycles. The predicted molar refractivity (Wildman–Crippen MR) is 198 cm³/mol. The second-order valence-electron chi connectivity index (χ2n) is 13.2. The first kappa shape index (κ1) is 39.4. The Labute approximate surface area is 307 Å². The van der Waals surface area contributed by atoms with E-state index in [2.05, 4.69) is 39.8 Å². The van der Waals surface area contributed by atoms with E-state index in [4.69, 9.17) is 4.74 Å². The lowest BCUT2D eigenvalue weighted by molar-refractivity contribution is -0.131. The summed E-state index contributed by atoms with van der Waals surface area (Å²) in [4.78, 5) is 51.9. The van der Waals surface area contributed by atoms with Crippen molar-refractivity contribution in [2.75, 3.05) is 7.05 Å². The van der Waals surface area contributed by atoms with Gasteiger partial charge in [-0.15, -0.1) is 22.7 Å². The van der Waals surface area contributed by atoms with Gasteiger partial charge in [0.1, 0.15) is 24.4 Å². The SMILES string of the molecule is CC(C)c1nc(CN(C)C(=O)N[C@H](C(=O)N[C@@](Cc2ccccc2)(NC(=O)OCc2cncs2)[C@@H](O)[C@H](O)CCc2ccccc2)C(C)C)cs1. The highest BCUT2D eigenvalue weighted by atomic mass is 32.1. The molecule has 0 aliphatic rings. The van der Waals surface area contributed by atoms with Gasteiger partial charge in [0.2, 0.25) is 5.91 Å². The molecule has 0 unspecified atom stereocenters. The van der Waals surface area contributed by atoms with Crippen LogP contribution < -0.4 is 16.0 Å². The summed E-state index contributed by atoms with van der Waals surface area (Å²) in [5.41, 5.74) is 1.99. The Morgan fingerprint density at radius 1 is 0.941 bits per heavy atom. The topological polar surface area (TPSA) is 166 Å². The van der Waals surface area contributed by atoms with Crippen molar-refractivity contribution in [3.8, 4) is 0 Å². The lowest BCUT2D eigenvalue weighted by Gasteiger charge is -2.42. The van der Waals surface area contributed by atoms with Gasteiger partial charge in [-0.05, 0) is 29.9 Å². The number of hydrogen-bond acceptors (Lipinski definition) is 10. The Hall–Kier alpha value is -4.37. The lowest BCUT2D eigenvalue weighted by atomic mass is 9.87. The van der Waals surface area contributed by atoms with Crippen LogP contribution >= 0.6 is 22.7 Å². The molecule has 5 N–H and O–H groups in total. The number of aromatic nitrogens is 2. The molecule has 0 saturated carbocycles. The molecule has 0 saturated heterocycles. The number of aliphatic hydroxyl groups is 2. The minimum absolute atomic E-state index is 0.0901. The number of alkyl carbamates (subject to hydrolysis) is 1. The smallest absolute Gasteiger partial charge is 0.409 e. The molecule has 2 aromatic carbocycles. The number of urea groups is 1. The summed E-state index contributed by atoms with van der Waals surface area (Å²) >= 11 is 2.84. The maximum Gasteiger partial charge on any atom is 0.409 e. The quantitative estimate of drug-likeness (QED) is 0.0921. The standard InChI is InChI=1S/C37H48N6O6S2/c1-24(2)31(40-35(47)43(5)20-28-22-50-34(39-28)25(3)4)33(46)41-37(18-27-14-10-7-11-15-27,42-36(48)49-21-29-19-38-23-51-29)32(45)30(44)17-16-26-12-8-6-9-13-26/h6-15,19,22-25,30-32,44-45H,16-18,20-21H2,1-5H3,(H,40,47)(H,41,46)(H,42,48)/t30-,31+,32+,37+/m1/s1. The molecule has 0 radical (unpaired) electrons. The Morgan fingerprint density at radius 3 is 2.20 bits per heavy atom. The monoisotopic (exact) mass is 736 g/mol. The normalized spacial score (nSPS) is 14.3. The van der Waals surface area contributed by atoms with Gasteiger partial charge in [0, 0.05) is 31.0 Å². The van der Waals surface area contributed by atoms with Crippen LogP contribution in [-0.2, 0) is 35.5 Å². The number of ether oxygens (including phenoxy) is 1. The van der Waals surface area contributed by atoms with Gasteiger partial charge in [0.15, 0.2) is 0 Å². The van der Waals surface area contributed by atoms with Crippen molar-refractivity contribution in [1.82, 2.24) is 30.8 Å². The molecule has 4 aromatic rings. The van der Waals surface area contributed by atoms with E-state index >= 15 is 0 Å². The Morgan fingerprint density at radius 2 is 1.61 bits per heavy atom. The fourth-order valence-corrected chi connectivity index (χ4v) is 6.79. The van der Waals surface area contributed by atoms with E-state index in [0.717, 1.165) is 16.3 Å². The lowest BCUT2D eigenvalue weighted by Crippen LogP contribution is -2.72. The van der Waals surface area contributed by atoms with Crippen molar-refractivity contribution in [1.29, 1.82) is 0 Å². The minimum Gasteiger partial charge on any atom is -0.444 e. The molecule has 14 heteroatoms. The second kappa shape index (κ2) is 18.7. The molecule has 51 heavy (non-hydrogen) atoms. The van der Waals surface area contributed by atoms with Crippen LogP contribution in [0, 0.1) is 5.92 Å². The molecule has 4 rings (SSSR count). The number of carbonyl (C=O) groups excluding carboxylic acids is 3. The first-order valence-electron chi connectivity index (χ1n) is 16.9. The highest BCUT2D eigenvalue weighted by molar-refractivity contribution is 7.09. The number of benzene rings is 2. The number of thiazole rings is 2. The van der Waals surface area contributed by atoms with Crippen LogP contribution in [0.15, 0.2) is 77.8 Å². The molecule has 0 aliphatic carbocycles. The number of hydrogen-bond donors (Lipinski definition) is 5. The molecule has 0 bridgehead atoms. The van der Waals surface area contributed by atoms with Gasteiger partial charge in [-0.1, -0.05) is 88.4 Å². The molecule has 4 amide bonds. The summed E-state index contributed by atoms with van der Waals surface area (Å²) in [6.07, 6.45) is -2.00. The van der Waals surface area contributed by atoms with E-state index in [1.807, 2.05) is 41.8 Å². The van der Waals surface area contributed by atoms with Crippen molar-refractivity contribution in [3.05, 3.63) is 104 Å². The van der Waals surface area contributed by atoms with Crippen molar-refractivity contribution < 1.29 is 29.3 Å². The van der Waals surface area contributed by atoms with Crippen molar-refractivity contribution in [2.45, 2.75) is 89.9 Å². The van der Waals surface area contributed by atoms with Gasteiger partial charge in [-0.25, -0.2) is 14.6 Å². The third-order valence-corrected chi connectivity index (χ3v) is 10.3. The molecule has 4 atom stereocenters. The van der Waals surface area contributed by atoms with Gasteiger partial charge in [-0.2, -0.15) is 0 Å². The zero-order valence-electron chi connectivity index (χ0n) is 29.6. The molecule has 274 valence electrons. The third-order valence-electron chi connectivity index (χ3n) is 8.30. The summed E-state index contributed by atoms with van der Waals surface area (Å²) in [5, 5.41) is 34.7. The first-order chi connectivity index (χ1) is 24.4. The fourth-order valence-electron chi connectivity index (χ4n) is 5.45. The van der Waals surface area contributed by atoms with Gasteiger partial charge in [0.05, 0.1) is 33.7 Å². The zero-order chi connectivity index (χ0) is 37.0. The molecule has 12 nitrogen and oxygen atoms in total. The summed E-state index contributed by atoms with van der Waals surface area (Å²) in [5.74, 6) is -0.809. The van der Waals surface area contributed by atoms with Crippen LogP contribution in [0.1, 0.15) is 66.7 Å². The number of amides is 4. The highest BCUT2D eigenvalue weighted by Crippen LogP contribution is 2.23. The summed E-state index contributed by atoms with van der Waals surface area (Å²) in [6, 6.07) is 16.9. The van der Waals surface area contributed by atoms with E-state index in [9.17, 15) is 24.6 Å². The van der Waals surface area contributed by atoms with Crippen LogP contribution in [0.3, 0.4) is 0 Å². The van der Waals surface area contributed by atoms with Gasteiger partial charge in [0.25, 0.3) is 0 Å². The molecule has 0 aliphatic heterocycles. The van der Waals surface area contributed by atoms with Gasteiger partial charge < -0.3 is 30.5 Å². The van der Waals surface area contributed by atoms with E-state index in [0.29, 0.717) is 16.9 Å². The van der Waals surface area contributed by atoms with E-state index in [-0.39, 0.29) is 31.9 Å². The third kappa shape index (κ3) is 11.6. The van der Waals surface area contributed by atoms with E-state index in [1.54, 1.807) is 56.9 Å². The van der Waals surface area contributed by atoms with Crippen LogP contribution in [0.2, 0.25) is 0 Å². The zero-order valence-corrected chi connectivity index (χ0v) is 31.2. The van der Waals surface area contributed by atoms with E-state index in [1.165, 1.54) is 27.6 Å². The number of rotatable bonds is 17. The molecule has 0 fully saturated rings. The average molecular weight is 737 g/mol. The molecular formula is C37H48N6O6S2. The van der Waals surface area contributed by atoms with Crippen LogP contribution in [0.4, 0.5) is 9.59 Å². The Bertz CT molecular complexity index is 1670. The summed E-state index contributed by atoms with van der Waals surface area (Å²) in [7, 11) is 1.62. The maximum absolute atomic E-state index is 14.3. The fraction of sp³-hybridized carbons (Fsp3) is 0.432. The number of aliphatic hydroxyl groups excluding tert-OH is 2. The largest absolute Gasteiger partial charge is 0.444 e. The number of aryl methyl sites for hydroxylation is 1. The first-order valence-corrected chi connectivity index (χ1v) is 18.7. The average Bonchev–Trinajstić information content (AvgIpc) is 3.82. The molecule has 2 heterocycles. The van der Waals surface area contributed by atoms with Crippen molar-refractivity contribution in [2.24, 2.45) is 5.92 Å². The van der Waals surface area contributed by atoms with Crippen molar-refractivity contribution in [3.63, 3.8) is 0 Å². The van der Waals surface area contributed by atoms with E-state index < -0.39 is 47.9 Å². The highest BCUT2D eigenvalue weighted by Gasteiger charge is 2.46. The van der Waals surface area contributed by atoms with Crippen LogP contribution in [0.25, 0.3) is 0 Å². The predicted octanol–water partition coefficient (Wildman–Crippen LogP) is 5.23. The second-order valence-corrected chi connectivity index (χ2v) is 15.0. The Balaban J connectivity index is 1.61. The summed E-state index contributed by atoms with van der Waals surface area (Å²) in [6.45, 7) is 7.81. The van der Waals surface area contributed by atoms with Gasteiger partial charge >= 0.3 is 12.1 Å². The molecular weight excluding hydrogens is 689 g/mol. The Kier molecular flexibility index (Phi) is 14.5. The minimum atomic E-state index is -1.96. The van der Waals surface area contributed by atoms with Crippen LogP contribution in [0.5, 0.6) is 0 Å². The number of carbonyl (C=O) groups is 3. The summed E-state index contributed by atoms with van der Waals surface area (Å²) < 4.78 is 5.49. The van der Waals surface area contributed by atoms with Gasteiger partial charge in [-0.3, -0.25) is 15.1 Å². The maximum atomic E-state index is 14.3. The molecule has 0 spiro atoms. The number of nitrogens with zero attached hydrogens (tertiary/aromatic N) is 3. The number of nitrogens with one attached hydrogen (secondary N) is 3. The van der Waals surface area contributed by atoms with Crippen molar-refractivity contribution >= 4 is 40.7 Å². The van der Waals surface area contributed by atoms with Crippen LogP contribution in [-0.4, -0.2) is 74.1 Å².